The largest absolute Gasteiger partial charge is 0.493 e. The molecule has 0 fully saturated rings. The lowest BCUT2D eigenvalue weighted by atomic mass is 10.3. The van der Waals surface area contributed by atoms with E-state index in [0.29, 0.717) is 18.9 Å². The minimum absolute atomic E-state index is 0.241. The molecule has 1 aromatic rings. The van der Waals surface area contributed by atoms with Crippen molar-refractivity contribution in [2.45, 2.75) is 0 Å². The van der Waals surface area contributed by atoms with Crippen LogP contribution in [-0.2, 0) is 0 Å². The highest BCUT2D eigenvalue weighted by atomic mass is 32.2. The Morgan fingerprint density at radius 3 is 2.57 bits per heavy atom. The molecule has 0 amide bonds. The van der Waals surface area contributed by atoms with Crippen LogP contribution in [0.2, 0.25) is 0 Å². The maximum Gasteiger partial charge on any atom is 0.123 e. The van der Waals surface area contributed by atoms with Gasteiger partial charge in [0.1, 0.15) is 11.6 Å². The van der Waals surface area contributed by atoms with E-state index in [1.165, 1.54) is 12.1 Å². The van der Waals surface area contributed by atoms with Crippen molar-refractivity contribution in [1.29, 1.82) is 0 Å². The third kappa shape index (κ3) is 4.48. The van der Waals surface area contributed by atoms with Crippen LogP contribution in [0.4, 0.5) is 4.39 Å². The fourth-order valence-corrected chi connectivity index (χ4v) is 1.51. The van der Waals surface area contributed by atoms with E-state index in [0.717, 1.165) is 11.5 Å². The molecule has 2 N–H and O–H groups in total. The molecule has 0 unspecified atom stereocenters. The zero-order valence-corrected chi connectivity index (χ0v) is 8.73. The van der Waals surface area contributed by atoms with Crippen molar-refractivity contribution in [3.05, 3.63) is 30.1 Å². The normalized spacial score (nSPS) is 10.1. The Morgan fingerprint density at radius 1 is 1.21 bits per heavy atom. The van der Waals surface area contributed by atoms with Crippen molar-refractivity contribution in [1.82, 2.24) is 0 Å². The Bertz CT molecular complexity index is 253. The molecule has 0 aliphatic carbocycles. The maximum atomic E-state index is 12.5. The average molecular weight is 215 g/mol. The summed E-state index contributed by atoms with van der Waals surface area (Å²) in [4.78, 5) is 0. The van der Waals surface area contributed by atoms with Crippen LogP contribution >= 0.6 is 11.8 Å². The van der Waals surface area contributed by atoms with Crippen molar-refractivity contribution in [3.63, 3.8) is 0 Å². The van der Waals surface area contributed by atoms with Crippen LogP contribution in [0.15, 0.2) is 24.3 Å². The fourth-order valence-electron chi connectivity index (χ4n) is 0.935. The van der Waals surface area contributed by atoms with Gasteiger partial charge in [-0.15, -0.1) is 0 Å². The minimum atomic E-state index is -0.241. The quantitative estimate of drug-likeness (QED) is 0.736. The molecule has 0 bridgehead atoms. The average Bonchev–Trinajstić information content (AvgIpc) is 2.21. The first kappa shape index (κ1) is 11.3. The molecule has 0 aliphatic heterocycles. The zero-order chi connectivity index (χ0) is 10.2. The summed E-state index contributed by atoms with van der Waals surface area (Å²) < 4.78 is 17.9. The molecule has 14 heavy (non-hydrogen) atoms. The van der Waals surface area contributed by atoms with Crippen LogP contribution in [0.25, 0.3) is 0 Å². The summed E-state index contributed by atoms with van der Waals surface area (Å²) >= 11 is 1.75. The first-order valence-electron chi connectivity index (χ1n) is 4.49. The molecule has 0 atom stereocenters. The standard InChI is InChI=1S/C10H14FNOS/c11-9-1-3-10(4-2-9)13-6-8-14-7-5-12/h1-4H,5-8,12H2. The molecule has 0 saturated heterocycles. The van der Waals surface area contributed by atoms with Crippen molar-refractivity contribution < 1.29 is 9.13 Å². The van der Waals surface area contributed by atoms with Gasteiger partial charge in [-0.25, -0.2) is 4.39 Å². The van der Waals surface area contributed by atoms with E-state index in [9.17, 15) is 4.39 Å². The lowest BCUT2D eigenvalue weighted by Crippen LogP contribution is -2.05. The van der Waals surface area contributed by atoms with Gasteiger partial charge in [0.25, 0.3) is 0 Å². The Hall–Kier alpha value is -0.740. The lowest BCUT2D eigenvalue weighted by molar-refractivity contribution is 0.343. The molecule has 2 nitrogen and oxygen atoms in total. The summed E-state index contributed by atoms with van der Waals surface area (Å²) in [7, 11) is 0. The number of hydrogen-bond acceptors (Lipinski definition) is 3. The third-order valence-corrected chi connectivity index (χ3v) is 2.55. The van der Waals surface area contributed by atoms with Gasteiger partial charge in [0.2, 0.25) is 0 Å². The third-order valence-electron chi connectivity index (χ3n) is 1.57. The minimum Gasteiger partial charge on any atom is -0.493 e. The Labute approximate surface area is 87.6 Å². The van der Waals surface area contributed by atoms with Crippen LogP contribution in [0.3, 0.4) is 0 Å². The first-order chi connectivity index (χ1) is 6.83. The summed E-state index contributed by atoms with van der Waals surface area (Å²) in [5.74, 6) is 2.33. The molecule has 0 heterocycles. The van der Waals surface area contributed by atoms with Gasteiger partial charge in [-0.05, 0) is 24.3 Å². The van der Waals surface area contributed by atoms with Crippen LogP contribution in [0, 0.1) is 5.82 Å². The maximum absolute atomic E-state index is 12.5. The number of halogens is 1. The molecule has 0 aromatic heterocycles. The van der Waals surface area contributed by atoms with Gasteiger partial charge in [-0.2, -0.15) is 11.8 Å². The predicted octanol–water partition coefficient (Wildman–Crippen LogP) is 1.90. The molecule has 0 spiro atoms. The Balaban J connectivity index is 2.15. The highest BCUT2D eigenvalue weighted by Gasteiger charge is 1.94. The molecule has 4 heteroatoms. The number of hydrogen-bond donors (Lipinski definition) is 1. The van der Waals surface area contributed by atoms with Crippen LogP contribution in [0.5, 0.6) is 5.75 Å². The molecule has 78 valence electrons. The van der Waals surface area contributed by atoms with Crippen molar-refractivity contribution in [2.24, 2.45) is 5.73 Å². The summed E-state index contributed by atoms with van der Waals surface area (Å²) in [6, 6.07) is 6.04. The second-order valence-electron chi connectivity index (χ2n) is 2.70. The number of thioether (sulfide) groups is 1. The molecular formula is C10H14FNOS. The van der Waals surface area contributed by atoms with Gasteiger partial charge in [0, 0.05) is 18.1 Å². The van der Waals surface area contributed by atoms with Gasteiger partial charge in [0.05, 0.1) is 6.61 Å². The topological polar surface area (TPSA) is 35.2 Å². The summed E-state index contributed by atoms with van der Waals surface area (Å²) in [6.45, 7) is 1.33. The second kappa shape index (κ2) is 6.68. The smallest absolute Gasteiger partial charge is 0.123 e. The van der Waals surface area contributed by atoms with E-state index >= 15 is 0 Å². The van der Waals surface area contributed by atoms with E-state index in [1.807, 2.05) is 0 Å². The molecule has 0 radical (unpaired) electrons. The van der Waals surface area contributed by atoms with E-state index in [4.69, 9.17) is 10.5 Å². The summed E-state index contributed by atoms with van der Waals surface area (Å²) in [5.41, 5.74) is 5.34. The predicted molar refractivity (Wildman–Crippen MR) is 58.3 cm³/mol. The molecule has 1 aromatic carbocycles. The zero-order valence-electron chi connectivity index (χ0n) is 7.91. The number of rotatable bonds is 6. The van der Waals surface area contributed by atoms with Gasteiger partial charge >= 0.3 is 0 Å². The first-order valence-corrected chi connectivity index (χ1v) is 5.64. The highest BCUT2D eigenvalue weighted by molar-refractivity contribution is 7.99. The number of benzene rings is 1. The lowest BCUT2D eigenvalue weighted by Gasteiger charge is -2.04. The van der Waals surface area contributed by atoms with Crippen molar-refractivity contribution in [3.8, 4) is 5.75 Å². The fraction of sp³-hybridized carbons (Fsp3) is 0.400. The molecule has 0 saturated carbocycles. The molecule has 1 rings (SSSR count). The second-order valence-corrected chi connectivity index (χ2v) is 3.93. The SMILES string of the molecule is NCCSCCOc1ccc(F)cc1. The van der Waals surface area contributed by atoms with E-state index in [2.05, 4.69) is 0 Å². The van der Waals surface area contributed by atoms with E-state index in [-0.39, 0.29) is 5.82 Å². The van der Waals surface area contributed by atoms with Crippen molar-refractivity contribution >= 4 is 11.8 Å². The number of ether oxygens (including phenoxy) is 1. The monoisotopic (exact) mass is 215 g/mol. The van der Waals surface area contributed by atoms with Crippen LogP contribution < -0.4 is 10.5 Å². The van der Waals surface area contributed by atoms with Gasteiger partial charge in [-0.3, -0.25) is 0 Å². The highest BCUT2D eigenvalue weighted by Crippen LogP contribution is 2.11. The van der Waals surface area contributed by atoms with Gasteiger partial charge in [-0.1, -0.05) is 0 Å². The van der Waals surface area contributed by atoms with Crippen LogP contribution in [0.1, 0.15) is 0 Å². The molecular weight excluding hydrogens is 201 g/mol. The molecule has 0 aliphatic rings. The van der Waals surface area contributed by atoms with Gasteiger partial charge < -0.3 is 10.5 Å². The summed E-state index contributed by atoms with van der Waals surface area (Å²) in [5, 5.41) is 0. The van der Waals surface area contributed by atoms with Crippen molar-refractivity contribution in [2.75, 3.05) is 24.7 Å². The van der Waals surface area contributed by atoms with E-state index < -0.39 is 0 Å². The number of nitrogens with two attached hydrogens (primary N) is 1. The van der Waals surface area contributed by atoms with Crippen LogP contribution in [-0.4, -0.2) is 24.7 Å². The van der Waals surface area contributed by atoms with Gasteiger partial charge in [0.15, 0.2) is 0 Å². The van der Waals surface area contributed by atoms with E-state index in [1.54, 1.807) is 23.9 Å². The Kier molecular flexibility index (Phi) is 5.40. The Morgan fingerprint density at radius 2 is 1.93 bits per heavy atom. The summed E-state index contributed by atoms with van der Waals surface area (Å²) in [6.07, 6.45) is 0.